The average Bonchev–Trinajstić information content (AvgIpc) is 2.49. The molecule has 2 rings (SSSR count). The molecule has 3 nitrogen and oxygen atoms in total. The maximum atomic E-state index is 9.94. The van der Waals surface area contributed by atoms with Gasteiger partial charge in [0.15, 0.2) is 0 Å². The molecule has 0 amide bonds. The Morgan fingerprint density at radius 3 is 2.60 bits per heavy atom. The van der Waals surface area contributed by atoms with Gasteiger partial charge in [-0.1, -0.05) is 37.5 Å². The zero-order chi connectivity index (χ0) is 14.4. The Balaban J connectivity index is 2.20. The van der Waals surface area contributed by atoms with Crippen LogP contribution in [0.25, 0.3) is 0 Å². The highest BCUT2D eigenvalue weighted by Crippen LogP contribution is 2.32. The van der Waals surface area contributed by atoms with Crippen molar-refractivity contribution in [3.63, 3.8) is 0 Å². The fourth-order valence-corrected chi connectivity index (χ4v) is 3.11. The van der Waals surface area contributed by atoms with Crippen LogP contribution >= 0.6 is 0 Å². The van der Waals surface area contributed by atoms with Gasteiger partial charge in [0.1, 0.15) is 5.75 Å². The minimum atomic E-state index is -0.437. The van der Waals surface area contributed by atoms with Gasteiger partial charge in [-0.15, -0.1) is 0 Å². The van der Waals surface area contributed by atoms with Gasteiger partial charge >= 0.3 is 0 Å². The van der Waals surface area contributed by atoms with Gasteiger partial charge in [-0.2, -0.15) is 0 Å². The van der Waals surface area contributed by atoms with Gasteiger partial charge in [-0.3, -0.25) is 0 Å². The number of hydrogen-bond donors (Lipinski definition) is 2. The van der Waals surface area contributed by atoms with Crippen molar-refractivity contribution >= 4 is 0 Å². The Labute approximate surface area is 122 Å². The predicted octanol–water partition coefficient (Wildman–Crippen LogP) is 3.22. The predicted molar refractivity (Wildman–Crippen MR) is 82.1 cm³/mol. The molecule has 1 atom stereocenters. The van der Waals surface area contributed by atoms with E-state index in [1.807, 2.05) is 25.1 Å². The van der Waals surface area contributed by atoms with Crippen molar-refractivity contribution in [3.8, 4) is 5.75 Å². The normalized spacial score (nSPS) is 19.6. The summed E-state index contributed by atoms with van der Waals surface area (Å²) in [6.07, 6.45) is 6.31. The van der Waals surface area contributed by atoms with Crippen molar-refractivity contribution in [1.82, 2.24) is 5.32 Å². The number of aliphatic hydroxyl groups is 1. The third-order valence-electron chi connectivity index (χ3n) is 4.23. The first-order valence-corrected chi connectivity index (χ1v) is 7.80. The summed E-state index contributed by atoms with van der Waals surface area (Å²) in [7, 11) is 0. The fraction of sp³-hybridized carbons (Fsp3) is 0.647. The van der Waals surface area contributed by atoms with Crippen molar-refractivity contribution in [1.29, 1.82) is 0 Å². The molecular formula is C17H27NO2. The lowest BCUT2D eigenvalue weighted by Gasteiger charge is -2.36. The molecule has 1 aliphatic carbocycles. The molecule has 1 unspecified atom stereocenters. The third-order valence-corrected chi connectivity index (χ3v) is 4.23. The number of ether oxygens (including phenoxy) is 1. The van der Waals surface area contributed by atoms with Crippen molar-refractivity contribution in [2.75, 3.05) is 13.2 Å². The van der Waals surface area contributed by atoms with Gasteiger partial charge in [-0.05, 0) is 32.8 Å². The Bertz CT molecular complexity index is 415. The van der Waals surface area contributed by atoms with Crippen LogP contribution in [0, 0.1) is 0 Å². The minimum absolute atomic E-state index is 0.0770. The van der Waals surface area contributed by atoms with Crippen LogP contribution < -0.4 is 10.1 Å². The number of hydrogen-bond acceptors (Lipinski definition) is 3. The summed E-state index contributed by atoms with van der Waals surface area (Å²) in [6.45, 7) is 4.77. The summed E-state index contributed by atoms with van der Waals surface area (Å²) < 4.78 is 5.72. The first kappa shape index (κ1) is 15.3. The molecule has 1 saturated carbocycles. The fourth-order valence-electron chi connectivity index (χ4n) is 3.11. The van der Waals surface area contributed by atoms with Crippen LogP contribution in [0.2, 0.25) is 0 Å². The Kier molecular flexibility index (Phi) is 5.44. The van der Waals surface area contributed by atoms with E-state index >= 15 is 0 Å². The van der Waals surface area contributed by atoms with Crippen molar-refractivity contribution in [3.05, 3.63) is 29.8 Å². The first-order chi connectivity index (χ1) is 9.69. The first-order valence-electron chi connectivity index (χ1n) is 7.80. The summed E-state index contributed by atoms with van der Waals surface area (Å²) in [6, 6.07) is 8.52. The smallest absolute Gasteiger partial charge is 0.124 e. The molecule has 1 aliphatic rings. The van der Waals surface area contributed by atoms with E-state index in [0.29, 0.717) is 12.6 Å². The molecule has 0 bridgehead atoms. The molecule has 1 aromatic rings. The lowest BCUT2D eigenvalue weighted by atomic mass is 9.87. The summed E-state index contributed by atoms with van der Waals surface area (Å²) in [5, 5.41) is 13.6. The average molecular weight is 277 g/mol. The molecular weight excluding hydrogens is 250 g/mol. The molecule has 0 radical (unpaired) electrons. The number of aliphatic hydroxyl groups excluding tert-OH is 1. The quantitative estimate of drug-likeness (QED) is 0.839. The Morgan fingerprint density at radius 2 is 1.95 bits per heavy atom. The van der Waals surface area contributed by atoms with E-state index in [1.165, 1.54) is 32.1 Å². The van der Waals surface area contributed by atoms with Crippen LogP contribution in [0.5, 0.6) is 5.75 Å². The number of para-hydroxylation sites is 1. The highest BCUT2D eigenvalue weighted by atomic mass is 16.5. The van der Waals surface area contributed by atoms with E-state index < -0.39 is 5.54 Å². The van der Waals surface area contributed by atoms with E-state index in [0.717, 1.165) is 11.3 Å². The second-order valence-corrected chi connectivity index (χ2v) is 5.90. The molecule has 1 fully saturated rings. The SMILES string of the molecule is CCOc1ccccc1C(C)(CO)NC1CCCCC1. The third kappa shape index (κ3) is 3.53. The van der Waals surface area contributed by atoms with Crippen LogP contribution in [0.15, 0.2) is 24.3 Å². The Hall–Kier alpha value is -1.06. The second-order valence-electron chi connectivity index (χ2n) is 5.90. The molecule has 3 heteroatoms. The zero-order valence-electron chi connectivity index (χ0n) is 12.7. The lowest BCUT2D eigenvalue weighted by molar-refractivity contribution is 0.147. The maximum Gasteiger partial charge on any atom is 0.124 e. The molecule has 0 aromatic heterocycles. The van der Waals surface area contributed by atoms with Crippen LogP contribution in [-0.4, -0.2) is 24.4 Å². The highest BCUT2D eigenvalue weighted by molar-refractivity contribution is 5.39. The summed E-state index contributed by atoms with van der Waals surface area (Å²) in [4.78, 5) is 0. The molecule has 0 saturated heterocycles. The monoisotopic (exact) mass is 277 g/mol. The summed E-state index contributed by atoms with van der Waals surface area (Å²) in [5.74, 6) is 0.870. The van der Waals surface area contributed by atoms with E-state index in [4.69, 9.17) is 4.74 Å². The van der Waals surface area contributed by atoms with Gasteiger partial charge in [0.05, 0.1) is 18.8 Å². The van der Waals surface area contributed by atoms with E-state index in [-0.39, 0.29) is 6.61 Å². The molecule has 2 N–H and O–H groups in total. The topological polar surface area (TPSA) is 41.5 Å². The molecule has 0 heterocycles. The van der Waals surface area contributed by atoms with Crippen LogP contribution in [-0.2, 0) is 5.54 Å². The maximum absolute atomic E-state index is 9.94. The van der Waals surface area contributed by atoms with E-state index in [9.17, 15) is 5.11 Å². The molecule has 20 heavy (non-hydrogen) atoms. The van der Waals surface area contributed by atoms with Gasteiger partial charge in [0.2, 0.25) is 0 Å². The van der Waals surface area contributed by atoms with Crippen molar-refractivity contribution in [2.24, 2.45) is 0 Å². The Morgan fingerprint density at radius 1 is 1.25 bits per heavy atom. The number of rotatable bonds is 6. The van der Waals surface area contributed by atoms with Crippen molar-refractivity contribution < 1.29 is 9.84 Å². The molecule has 1 aromatic carbocycles. The summed E-state index contributed by atoms with van der Waals surface area (Å²) >= 11 is 0. The summed E-state index contributed by atoms with van der Waals surface area (Å²) in [5.41, 5.74) is 0.614. The largest absolute Gasteiger partial charge is 0.494 e. The van der Waals surface area contributed by atoms with Gasteiger partial charge in [0.25, 0.3) is 0 Å². The van der Waals surface area contributed by atoms with E-state index in [1.54, 1.807) is 0 Å². The lowest BCUT2D eigenvalue weighted by Crippen LogP contribution is -2.49. The van der Waals surface area contributed by atoms with Gasteiger partial charge in [-0.25, -0.2) is 0 Å². The van der Waals surface area contributed by atoms with Gasteiger partial charge in [0, 0.05) is 11.6 Å². The molecule has 0 spiro atoms. The van der Waals surface area contributed by atoms with Crippen LogP contribution in [0.3, 0.4) is 0 Å². The number of nitrogens with one attached hydrogen (secondary N) is 1. The standard InChI is InChI=1S/C17H27NO2/c1-3-20-16-12-8-7-11-15(16)17(2,13-19)18-14-9-5-4-6-10-14/h7-8,11-12,14,18-19H,3-6,9-10,13H2,1-2H3. The van der Waals surface area contributed by atoms with Crippen molar-refractivity contribution in [2.45, 2.75) is 57.5 Å². The van der Waals surface area contributed by atoms with Crippen LogP contribution in [0.1, 0.15) is 51.5 Å². The number of benzene rings is 1. The van der Waals surface area contributed by atoms with E-state index in [2.05, 4.69) is 18.3 Å². The van der Waals surface area contributed by atoms with Crippen LogP contribution in [0.4, 0.5) is 0 Å². The molecule has 112 valence electrons. The molecule has 0 aliphatic heterocycles. The highest BCUT2D eigenvalue weighted by Gasteiger charge is 2.31. The van der Waals surface area contributed by atoms with Gasteiger partial charge < -0.3 is 15.2 Å². The minimum Gasteiger partial charge on any atom is -0.494 e. The zero-order valence-corrected chi connectivity index (χ0v) is 12.7. The second kappa shape index (κ2) is 7.09.